The average molecular weight is 819 g/mol. The van der Waals surface area contributed by atoms with Gasteiger partial charge in [0.2, 0.25) is 0 Å². The summed E-state index contributed by atoms with van der Waals surface area (Å²) in [6.45, 7) is 0. The first kappa shape index (κ1) is 38.2. The van der Waals surface area contributed by atoms with Gasteiger partial charge in [0.15, 0.2) is 17.5 Å². The highest BCUT2D eigenvalue weighted by Gasteiger charge is 2.45. The first-order valence-electron chi connectivity index (χ1n) is 21.3. The second kappa shape index (κ2) is 16.3. The van der Waals surface area contributed by atoms with Crippen LogP contribution < -0.4 is 4.74 Å². The number of nitriles is 1. The number of para-hydroxylation sites is 1. The molecule has 1 aromatic heterocycles. The predicted octanol–water partition coefficient (Wildman–Crippen LogP) is 14.2. The van der Waals surface area contributed by atoms with Crippen LogP contribution in [0.2, 0.25) is 0 Å². The van der Waals surface area contributed by atoms with Crippen molar-refractivity contribution in [1.29, 1.82) is 5.26 Å². The molecule has 2 heterocycles. The van der Waals surface area contributed by atoms with Crippen molar-refractivity contribution in [3.8, 4) is 85.1 Å². The van der Waals surface area contributed by atoms with Gasteiger partial charge in [0, 0.05) is 27.8 Å². The van der Waals surface area contributed by atoms with Gasteiger partial charge in [-0.2, -0.15) is 5.26 Å². The number of rotatable bonds is 8. The third kappa shape index (κ3) is 6.90. The van der Waals surface area contributed by atoms with Crippen molar-refractivity contribution in [3.63, 3.8) is 0 Å². The molecule has 0 aliphatic carbocycles. The van der Waals surface area contributed by atoms with E-state index in [4.69, 9.17) is 19.7 Å². The van der Waals surface area contributed by atoms with Crippen LogP contribution in [0.5, 0.6) is 11.5 Å². The highest BCUT2D eigenvalue weighted by molar-refractivity contribution is 5.79. The quantitative estimate of drug-likeness (QED) is 0.153. The van der Waals surface area contributed by atoms with Crippen molar-refractivity contribution in [2.75, 3.05) is 0 Å². The minimum absolute atomic E-state index is 0.571. The Bertz CT molecular complexity index is 3300. The Hall–Kier alpha value is -8.72. The SMILES string of the molecule is N#Cc1ccc(-c2ccc(-c3nc(-c4ccccc4)nc(-c4cccc(-c5cccc(-c6ccc7c(c6)Oc6ccccc6C7(c6ccccc6)c6ccccc6)c5)c4)n3)cc2)cc1. The van der Waals surface area contributed by atoms with E-state index in [-0.39, 0.29) is 0 Å². The fourth-order valence-electron chi connectivity index (χ4n) is 9.01. The fraction of sp³-hybridized carbons (Fsp3) is 0.0169. The first-order valence-corrected chi connectivity index (χ1v) is 21.3. The Morgan fingerprint density at radius 1 is 0.328 bits per heavy atom. The van der Waals surface area contributed by atoms with E-state index in [9.17, 15) is 5.26 Å². The van der Waals surface area contributed by atoms with Crippen molar-refractivity contribution < 1.29 is 4.74 Å². The van der Waals surface area contributed by atoms with E-state index in [2.05, 4.69) is 164 Å². The van der Waals surface area contributed by atoms with Gasteiger partial charge >= 0.3 is 0 Å². The summed E-state index contributed by atoms with van der Waals surface area (Å²) in [7, 11) is 0. The van der Waals surface area contributed by atoms with E-state index in [0.717, 1.165) is 72.7 Å². The number of hydrogen-bond donors (Lipinski definition) is 0. The zero-order valence-electron chi connectivity index (χ0n) is 34.6. The lowest BCUT2D eigenvalue weighted by Gasteiger charge is -2.41. The lowest BCUT2D eigenvalue weighted by Crippen LogP contribution is -2.34. The van der Waals surface area contributed by atoms with Crippen molar-refractivity contribution >= 4 is 0 Å². The summed E-state index contributed by atoms with van der Waals surface area (Å²) in [5, 5.41) is 9.25. The molecule has 0 saturated heterocycles. The summed E-state index contributed by atoms with van der Waals surface area (Å²) in [6, 6.07) is 81.7. The topological polar surface area (TPSA) is 71.7 Å². The van der Waals surface area contributed by atoms with Crippen LogP contribution >= 0.6 is 0 Å². The molecule has 0 spiro atoms. The van der Waals surface area contributed by atoms with E-state index in [1.54, 1.807) is 0 Å². The monoisotopic (exact) mass is 818 g/mol. The third-order valence-electron chi connectivity index (χ3n) is 12.1. The van der Waals surface area contributed by atoms with Crippen molar-refractivity contribution in [2.45, 2.75) is 5.41 Å². The van der Waals surface area contributed by atoms with Crippen molar-refractivity contribution in [1.82, 2.24) is 15.0 Å². The van der Waals surface area contributed by atoms with Gasteiger partial charge in [0.1, 0.15) is 11.5 Å². The van der Waals surface area contributed by atoms with Gasteiger partial charge in [-0.1, -0.05) is 194 Å². The van der Waals surface area contributed by atoms with Crippen LogP contribution in [0.1, 0.15) is 27.8 Å². The summed E-state index contributed by atoms with van der Waals surface area (Å²) < 4.78 is 6.81. The van der Waals surface area contributed by atoms with Gasteiger partial charge in [-0.3, -0.25) is 0 Å². The van der Waals surface area contributed by atoms with Gasteiger partial charge in [0.25, 0.3) is 0 Å². The molecule has 1 aliphatic heterocycles. The van der Waals surface area contributed by atoms with Crippen LogP contribution in [-0.4, -0.2) is 15.0 Å². The molecule has 0 amide bonds. The Kier molecular flexibility index (Phi) is 9.72. The number of nitrogens with zero attached hydrogens (tertiary/aromatic N) is 4. The maximum absolute atomic E-state index is 9.25. The zero-order chi connectivity index (χ0) is 42.9. The molecule has 0 radical (unpaired) electrons. The Balaban J connectivity index is 0.963. The zero-order valence-corrected chi connectivity index (χ0v) is 34.6. The molecule has 5 nitrogen and oxygen atoms in total. The molecule has 9 aromatic carbocycles. The molecule has 0 N–H and O–H groups in total. The molecule has 0 unspecified atom stereocenters. The van der Waals surface area contributed by atoms with E-state index in [0.29, 0.717) is 23.0 Å². The summed E-state index contributed by atoms with van der Waals surface area (Å²) in [6.07, 6.45) is 0. The van der Waals surface area contributed by atoms with Crippen LogP contribution in [0, 0.1) is 11.3 Å². The van der Waals surface area contributed by atoms with E-state index in [1.807, 2.05) is 72.8 Å². The highest BCUT2D eigenvalue weighted by Crippen LogP contribution is 2.55. The molecule has 0 fully saturated rings. The summed E-state index contributed by atoms with van der Waals surface area (Å²) >= 11 is 0. The van der Waals surface area contributed by atoms with Gasteiger partial charge in [-0.25, -0.2) is 15.0 Å². The van der Waals surface area contributed by atoms with Crippen LogP contribution in [0.4, 0.5) is 0 Å². The molecular weight excluding hydrogens is 781 g/mol. The lowest BCUT2D eigenvalue weighted by atomic mass is 9.63. The number of ether oxygens (including phenoxy) is 1. The molecule has 11 rings (SSSR count). The fourth-order valence-corrected chi connectivity index (χ4v) is 9.01. The number of aromatic nitrogens is 3. The lowest BCUT2D eigenvalue weighted by molar-refractivity contribution is 0.435. The second-order valence-corrected chi connectivity index (χ2v) is 15.9. The summed E-state index contributed by atoms with van der Waals surface area (Å²) in [5.74, 6) is 3.46. The molecule has 300 valence electrons. The average Bonchev–Trinajstić information content (AvgIpc) is 3.38. The second-order valence-electron chi connectivity index (χ2n) is 15.9. The van der Waals surface area contributed by atoms with E-state index in [1.165, 1.54) is 11.1 Å². The smallest absolute Gasteiger partial charge is 0.164 e. The van der Waals surface area contributed by atoms with E-state index < -0.39 is 5.41 Å². The Morgan fingerprint density at radius 3 is 1.33 bits per heavy atom. The minimum Gasteiger partial charge on any atom is -0.457 e. The van der Waals surface area contributed by atoms with E-state index >= 15 is 0 Å². The number of benzene rings is 9. The van der Waals surface area contributed by atoms with Gasteiger partial charge < -0.3 is 4.74 Å². The number of fused-ring (bicyclic) bond motifs is 2. The molecule has 0 bridgehead atoms. The van der Waals surface area contributed by atoms with Crippen LogP contribution in [0.3, 0.4) is 0 Å². The molecule has 1 aliphatic rings. The molecule has 5 heteroatoms. The van der Waals surface area contributed by atoms with Gasteiger partial charge in [-0.15, -0.1) is 0 Å². The van der Waals surface area contributed by atoms with Crippen LogP contribution in [0.15, 0.2) is 231 Å². The Morgan fingerprint density at radius 2 is 0.734 bits per heavy atom. The Labute approximate surface area is 372 Å². The van der Waals surface area contributed by atoms with Gasteiger partial charge in [-0.05, 0) is 80.9 Å². The maximum atomic E-state index is 9.25. The van der Waals surface area contributed by atoms with Crippen LogP contribution in [0.25, 0.3) is 67.5 Å². The summed E-state index contributed by atoms with van der Waals surface area (Å²) in [4.78, 5) is 15.1. The van der Waals surface area contributed by atoms with Gasteiger partial charge in [0.05, 0.1) is 17.0 Å². The molecule has 0 atom stereocenters. The summed E-state index contributed by atoms with van der Waals surface area (Å²) in [5.41, 5.74) is 13.7. The highest BCUT2D eigenvalue weighted by atomic mass is 16.5. The predicted molar refractivity (Wildman–Crippen MR) is 256 cm³/mol. The largest absolute Gasteiger partial charge is 0.457 e. The molecule has 10 aromatic rings. The van der Waals surface area contributed by atoms with Crippen molar-refractivity contribution in [3.05, 3.63) is 258 Å². The number of hydrogen-bond acceptors (Lipinski definition) is 5. The minimum atomic E-state index is -0.571. The standard InChI is InChI=1S/C59H38N4O/c60-39-40-26-28-41(29-27-40)42-30-32-44(33-31-42)57-61-56(43-14-4-1-5-15-43)62-58(63-57)49-19-13-18-47(37-49)45-16-12-17-46(36-45)48-34-35-53-55(38-48)64-54-25-11-10-24-52(54)59(53,50-20-6-2-7-21-50)51-22-8-3-9-23-51/h1-38H. The first-order chi connectivity index (χ1) is 31.6. The normalized spacial score (nSPS) is 12.3. The maximum Gasteiger partial charge on any atom is 0.164 e. The molecule has 64 heavy (non-hydrogen) atoms. The molecule has 0 saturated carbocycles. The molecular formula is C59H38N4O. The van der Waals surface area contributed by atoms with Crippen molar-refractivity contribution in [2.24, 2.45) is 0 Å². The van der Waals surface area contributed by atoms with Crippen LogP contribution in [-0.2, 0) is 5.41 Å². The third-order valence-corrected chi connectivity index (χ3v) is 12.1.